The van der Waals surface area contributed by atoms with Crippen molar-refractivity contribution in [2.24, 2.45) is 5.73 Å². The van der Waals surface area contributed by atoms with Crippen LogP contribution >= 0.6 is 12.2 Å². The zero-order valence-corrected chi connectivity index (χ0v) is 11.5. The Labute approximate surface area is 117 Å². The van der Waals surface area contributed by atoms with Crippen molar-refractivity contribution >= 4 is 28.8 Å². The summed E-state index contributed by atoms with van der Waals surface area (Å²) in [7, 11) is 1.59. The van der Waals surface area contributed by atoms with Crippen LogP contribution in [-0.2, 0) is 4.79 Å². The van der Waals surface area contributed by atoms with E-state index in [9.17, 15) is 4.79 Å². The van der Waals surface area contributed by atoms with Crippen LogP contribution in [-0.4, -0.2) is 30.6 Å². The molecule has 19 heavy (non-hydrogen) atoms. The summed E-state index contributed by atoms with van der Waals surface area (Å²) in [6, 6.07) is 5.13. The SMILES string of the molecule is COc1ccc(C(N)=S)c(NC2CCCNC2=O)c1. The van der Waals surface area contributed by atoms with Crippen LogP contribution in [0.25, 0.3) is 0 Å². The van der Waals surface area contributed by atoms with Gasteiger partial charge in [-0.2, -0.15) is 0 Å². The lowest BCUT2D eigenvalue weighted by molar-refractivity contribution is -0.123. The molecule has 1 fully saturated rings. The van der Waals surface area contributed by atoms with Crippen molar-refractivity contribution in [2.45, 2.75) is 18.9 Å². The number of piperidine rings is 1. The van der Waals surface area contributed by atoms with Gasteiger partial charge in [0.2, 0.25) is 5.91 Å². The average Bonchev–Trinajstić information content (AvgIpc) is 2.41. The van der Waals surface area contributed by atoms with E-state index >= 15 is 0 Å². The number of ether oxygens (including phenoxy) is 1. The van der Waals surface area contributed by atoms with Crippen LogP contribution in [0.5, 0.6) is 5.75 Å². The highest BCUT2D eigenvalue weighted by molar-refractivity contribution is 7.80. The van der Waals surface area contributed by atoms with Gasteiger partial charge in [-0.3, -0.25) is 4.79 Å². The normalized spacial score (nSPS) is 18.6. The van der Waals surface area contributed by atoms with Crippen LogP contribution in [0.2, 0.25) is 0 Å². The first kappa shape index (κ1) is 13.6. The number of thiocarbonyl (C=S) groups is 1. The summed E-state index contributed by atoms with van der Waals surface area (Å²) in [5, 5.41) is 6.03. The van der Waals surface area contributed by atoms with Crippen LogP contribution in [0.3, 0.4) is 0 Å². The number of nitrogens with two attached hydrogens (primary N) is 1. The van der Waals surface area contributed by atoms with Crippen molar-refractivity contribution < 1.29 is 9.53 Å². The smallest absolute Gasteiger partial charge is 0.242 e. The van der Waals surface area contributed by atoms with Gasteiger partial charge in [-0.05, 0) is 25.0 Å². The van der Waals surface area contributed by atoms with Crippen molar-refractivity contribution in [2.75, 3.05) is 19.0 Å². The molecular weight excluding hydrogens is 262 g/mol. The second-order valence-electron chi connectivity index (χ2n) is 4.41. The molecule has 2 rings (SSSR count). The molecule has 1 aliphatic rings. The summed E-state index contributed by atoms with van der Waals surface area (Å²) >= 11 is 5.02. The van der Waals surface area contributed by atoms with E-state index in [1.807, 2.05) is 0 Å². The first-order valence-electron chi connectivity index (χ1n) is 6.14. The summed E-state index contributed by atoms with van der Waals surface area (Å²) in [5.41, 5.74) is 7.14. The van der Waals surface area contributed by atoms with Crippen molar-refractivity contribution in [3.05, 3.63) is 23.8 Å². The zero-order valence-electron chi connectivity index (χ0n) is 10.7. The van der Waals surface area contributed by atoms with E-state index < -0.39 is 0 Å². The number of hydrogen-bond acceptors (Lipinski definition) is 4. The predicted octanol–water partition coefficient (Wildman–Crippen LogP) is 1.02. The molecule has 0 aliphatic carbocycles. The summed E-state index contributed by atoms with van der Waals surface area (Å²) in [6.07, 6.45) is 1.75. The Kier molecular flexibility index (Phi) is 4.21. The summed E-state index contributed by atoms with van der Waals surface area (Å²) in [5.74, 6) is 0.696. The Bertz CT molecular complexity index is 505. The van der Waals surface area contributed by atoms with Crippen LogP contribution in [0, 0.1) is 0 Å². The molecule has 0 saturated carbocycles. The first-order chi connectivity index (χ1) is 9.11. The maximum absolute atomic E-state index is 11.8. The van der Waals surface area contributed by atoms with E-state index in [1.54, 1.807) is 25.3 Å². The third-order valence-corrected chi connectivity index (χ3v) is 3.33. The summed E-state index contributed by atoms with van der Waals surface area (Å²) in [4.78, 5) is 12.1. The van der Waals surface area contributed by atoms with Crippen molar-refractivity contribution in [1.82, 2.24) is 5.32 Å². The molecule has 4 N–H and O–H groups in total. The van der Waals surface area contributed by atoms with Gasteiger partial charge in [0.1, 0.15) is 16.8 Å². The number of hydrogen-bond donors (Lipinski definition) is 3. The molecule has 1 atom stereocenters. The van der Waals surface area contributed by atoms with Gasteiger partial charge in [-0.15, -0.1) is 0 Å². The minimum absolute atomic E-state index is 0.00274. The van der Waals surface area contributed by atoms with E-state index in [0.29, 0.717) is 16.3 Å². The number of methoxy groups -OCH3 is 1. The number of rotatable bonds is 4. The number of amides is 1. The van der Waals surface area contributed by atoms with Gasteiger partial charge >= 0.3 is 0 Å². The van der Waals surface area contributed by atoms with E-state index in [-0.39, 0.29) is 11.9 Å². The molecule has 1 heterocycles. The van der Waals surface area contributed by atoms with Gasteiger partial charge in [0.05, 0.1) is 7.11 Å². The van der Waals surface area contributed by atoms with Crippen molar-refractivity contribution in [1.29, 1.82) is 0 Å². The molecule has 1 amide bonds. The lowest BCUT2D eigenvalue weighted by atomic mass is 10.0. The van der Waals surface area contributed by atoms with Gasteiger partial charge in [0.25, 0.3) is 0 Å². The van der Waals surface area contributed by atoms with Crippen LogP contribution in [0.15, 0.2) is 18.2 Å². The second kappa shape index (κ2) is 5.88. The maximum Gasteiger partial charge on any atom is 0.242 e. The minimum atomic E-state index is -0.256. The average molecular weight is 279 g/mol. The molecule has 1 aromatic rings. The van der Waals surface area contributed by atoms with Crippen LogP contribution in [0.4, 0.5) is 5.69 Å². The Balaban J connectivity index is 2.26. The number of carbonyl (C=O) groups excluding carboxylic acids is 1. The van der Waals surface area contributed by atoms with Gasteiger partial charge < -0.3 is 21.1 Å². The standard InChI is InChI=1S/C13H17N3O2S/c1-18-8-4-5-9(12(14)19)11(7-8)16-10-3-2-6-15-13(10)17/h4-5,7,10,16H,2-3,6H2,1H3,(H2,14,19)(H,15,17). The summed E-state index contributed by atoms with van der Waals surface area (Å²) in [6.45, 7) is 0.733. The third kappa shape index (κ3) is 3.14. The van der Waals surface area contributed by atoms with E-state index in [2.05, 4.69) is 10.6 Å². The fourth-order valence-corrected chi connectivity index (χ4v) is 2.26. The van der Waals surface area contributed by atoms with Crippen molar-refractivity contribution in [3.8, 4) is 5.75 Å². The molecule has 0 spiro atoms. The molecule has 1 aliphatic heterocycles. The molecule has 0 aromatic heterocycles. The Morgan fingerprint density at radius 1 is 1.58 bits per heavy atom. The van der Waals surface area contributed by atoms with Gasteiger partial charge in [0, 0.05) is 23.9 Å². The molecule has 1 aromatic carbocycles. The first-order valence-corrected chi connectivity index (χ1v) is 6.54. The lowest BCUT2D eigenvalue weighted by Gasteiger charge is -2.25. The van der Waals surface area contributed by atoms with Gasteiger partial charge in [-0.25, -0.2) is 0 Å². The van der Waals surface area contributed by atoms with Crippen LogP contribution < -0.4 is 21.1 Å². The Hall–Kier alpha value is -1.82. The molecule has 102 valence electrons. The highest BCUT2D eigenvalue weighted by Gasteiger charge is 2.22. The minimum Gasteiger partial charge on any atom is -0.497 e. The molecule has 1 saturated heterocycles. The Morgan fingerprint density at radius 2 is 2.37 bits per heavy atom. The van der Waals surface area contributed by atoms with Crippen LogP contribution in [0.1, 0.15) is 18.4 Å². The number of anilines is 1. The van der Waals surface area contributed by atoms with E-state index in [1.165, 1.54) is 0 Å². The largest absolute Gasteiger partial charge is 0.497 e. The molecule has 6 heteroatoms. The third-order valence-electron chi connectivity index (χ3n) is 3.11. The highest BCUT2D eigenvalue weighted by atomic mass is 32.1. The molecule has 0 bridgehead atoms. The summed E-state index contributed by atoms with van der Waals surface area (Å²) < 4.78 is 5.18. The van der Waals surface area contributed by atoms with Crippen molar-refractivity contribution in [3.63, 3.8) is 0 Å². The predicted molar refractivity (Wildman–Crippen MR) is 78.5 cm³/mol. The highest BCUT2D eigenvalue weighted by Crippen LogP contribution is 2.24. The monoisotopic (exact) mass is 279 g/mol. The fourth-order valence-electron chi connectivity index (χ4n) is 2.08. The van der Waals surface area contributed by atoms with Gasteiger partial charge in [0.15, 0.2) is 0 Å². The maximum atomic E-state index is 11.8. The fraction of sp³-hybridized carbons (Fsp3) is 0.385. The Morgan fingerprint density at radius 3 is 3.00 bits per heavy atom. The number of benzene rings is 1. The van der Waals surface area contributed by atoms with E-state index in [4.69, 9.17) is 22.7 Å². The lowest BCUT2D eigenvalue weighted by Crippen LogP contribution is -2.44. The topological polar surface area (TPSA) is 76.4 Å². The quantitative estimate of drug-likeness (QED) is 0.717. The number of carbonyl (C=O) groups is 1. The van der Waals surface area contributed by atoms with Gasteiger partial charge in [-0.1, -0.05) is 12.2 Å². The second-order valence-corrected chi connectivity index (χ2v) is 4.85. The molecule has 0 radical (unpaired) electrons. The molecule has 5 nitrogen and oxygen atoms in total. The van der Waals surface area contributed by atoms with E-state index in [0.717, 1.165) is 25.1 Å². The number of nitrogens with one attached hydrogen (secondary N) is 2. The molecular formula is C13H17N3O2S. The zero-order chi connectivity index (χ0) is 13.8. The molecule has 1 unspecified atom stereocenters.